The Morgan fingerprint density at radius 1 is 1.32 bits per heavy atom. The van der Waals surface area contributed by atoms with Crippen molar-refractivity contribution in [3.63, 3.8) is 0 Å². The van der Waals surface area contributed by atoms with Crippen LogP contribution in [-0.4, -0.2) is 56.1 Å². The largest absolute Gasteiger partial charge is 0.490 e. The smallest absolute Gasteiger partial charge is 0.237 e. The molecule has 1 heterocycles. The van der Waals surface area contributed by atoms with E-state index in [-0.39, 0.29) is 24.0 Å². The van der Waals surface area contributed by atoms with Gasteiger partial charge in [0.25, 0.3) is 0 Å². The zero-order valence-corrected chi connectivity index (χ0v) is 18.7. The van der Waals surface area contributed by atoms with Gasteiger partial charge >= 0.3 is 0 Å². The zero-order valence-electron chi connectivity index (χ0n) is 17.8. The molecule has 8 nitrogen and oxygen atoms in total. The second-order valence-electron chi connectivity index (χ2n) is 8.40. The fourth-order valence-corrected chi connectivity index (χ4v) is 4.95. The Kier molecular flexibility index (Phi) is 8.26. The van der Waals surface area contributed by atoms with Gasteiger partial charge in [-0.15, -0.1) is 0 Å². The van der Waals surface area contributed by atoms with Gasteiger partial charge in [-0.2, -0.15) is 0 Å². The van der Waals surface area contributed by atoms with E-state index in [0.29, 0.717) is 43.9 Å². The molecule has 1 amide bonds. The highest BCUT2D eigenvalue weighted by Gasteiger charge is 2.27. The number of rotatable bonds is 13. The van der Waals surface area contributed by atoms with Crippen LogP contribution in [0.2, 0.25) is 0 Å². The standard InChI is InChI=1S/C21H32FN3O5S/c1-15(17-7-8-18(22)19(13-17)30-11-9-16-5-6-16)24-31(28,29)12-4-2-3-10-25-14-20(26)23-21(25)27/h7-8,13,15-16,21,24,27H,2-6,9-12,14H2,1H3,(H,23,26)/t15-,21?/m0/s1. The highest BCUT2D eigenvalue weighted by Crippen LogP contribution is 2.32. The number of aliphatic hydroxyl groups excluding tert-OH is 1. The normalized spacial score (nSPS) is 20.6. The molecule has 1 saturated carbocycles. The van der Waals surface area contributed by atoms with Crippen molar-refractivity contribution in [1.29, 1.82) is 0 Å². The lowest BCUT2D eigenvalue weighted by atomic mass is 10.1. The molecule has 2 aliphatic rings. The molecule has 3 N–H and O–H groups in total. The van der Waals surface area contributed by atoms with Gasteiger partial charge in [-0.3, -0.25) is 9.69 Å². The lowest BCUT2D eigenvalue weighted by Gasteiger charge is -2.18. The third kappa shape index (κ3) is 7.71. The summed E-state index contributed by atoms with van der Waals surface area (Å²) in [7, 11) is -3.50. The number of unbranched alkanes of at least 4 members (excludes halogenated alkanes) is 2. The highest BCUT2D eigenvalue weighted by molar-refractivity contribution is 7.89. The number of carbonyl (C=O) groups is 1. The fourth-order valence-electron chi connectivity index (χ4n) is 3.58. The van der Waals surface area contributed by atoms with Crippen LogP contribution < -0.4 is 14.8 Å². The van der Waals surface area contributed by atoms with Gasteiger partial charge in [0.05, 0.1) is 18.9 Å². The third-order valence-electron chi connectivity index (χ3n) is 5.63. The van der Waals surface area contributed by atoms with Crippen LogP contribution in [0.1, 0.15) is 57.1 Å². The predicted molar refractivity (Wildman–Crippen MR) is 114 cm³/mol. The minimum absolute atomic E-state index is 0.0248. The first-order valence-corrected chi connectivity index (χ1v) is 12.5. The van der Waals surface area contributed by atoms with E-state index in [9.17, 15) is 22.7 Å². The quantitative estimate of drug-likeness (QED) is 0.390. The molecule has 1 aromatic rings. The Labute approximate surface area is 183 Å². The van der Waals surface area contributed by atoms with Crippen LogP contribution in [0.4, 0.5) is 4.39 Å². The molecule has 10 heteroatoms. The van der Waals surface area contributed by atoms with Gasteiger partial charge in [0, 0.05) is 12.6 Å². The number of aliphatic hydroxyl groups is 1. The predicted octanol–water partition coefficient (Wildman–Crippen LogP) is 1.86. The molecule has 0 spiro atoms. The van der Waals surface area contributed by atoms with Crippen molar-refractivity contribution in [2.24, 2.45) is 5.92 Å². The number of benzene rings is 1. The van der Waals surface area contributed by atoms with E-state index >= 15 is 0 Å². The van der Waals surface area contributed by atoms with E-state index in [1.165, 1.54) is 18.9 Å². The van der Waals surface area contributed by atoms with Gasteiger partial charge in [-0.25, -0.2) is 17.5 Å². The summed E-state index contributed by atoms with van der Waals surface area (Å²) in [4.78, 5) is 12.8. The van der Waals surface area contributed by atoms with Crippen LogP contribution in [0.3, 0.4) is 0 Å². The molecule has 1 aliphatic carbocycles. The number of halogens is 1. The average Bonchev–Trinajstić information content (AvgIpc) is 3.46. The topological polar surface area (TPSA) is 108 Å². The fraction of sp³-hybridized carbons (Fsp3) is 0.667. The van der Waals surface area contributed by atoms with Crippen LogP contribution in [0, 0.1) is 11.7 Å². The summed E-state index contributed by atoms with van der Waals surface area (Å²) in [5.41, 5.74) is 0.645. The number of ether oxygens (including phenoxy) is 1. The lowest BCUT2D eigenvalue weighted by Crippen LogP contribution is -2.36. The lowest BCUT2D eigenvalue weighted by molar-refractivity contribution is -0.119. The molecule has 2 atom stereocenters. The molecule has 3 rings (SSSR count). The molecular weight excluding hydrogens is 425 g/mol. The summed E-state index contributed by atoms with van der Waals surface area (Å²) in [5, 5.41) is 12.0. The summed E-state index contributed by atoms with van der Waals surface area (Å²) in [6.07, 6.45) is 4.17. The molecule has 1 saturated heterocycles. The first-order valence-electron chi connectivity index (χ1n) is 10.9. The van der Waals surface area contributed by atoms with Crippen LogP contribution in [0.25, 0.3) is 0 Å². The SMILES string of the molecule is C[C@H](NS(=O)(=O)CCCCCN1CC(=O)NC1O)c1ccc(F)c(OCCC2CC2)c1. The van der Waals surface area contributed by atoms with Crippen LogP contribution in [-0.2, 0) is 14.8 Å². The van der Waals surface area contributed by atoms with Crippen molar-refractivity contribution in [3.05, 3.63) is 29.6 Å². The number of nitrogens with one attached hydrogen (secondary N) is 2. The van der Waals surface area contributed by atoms with Crippen molar-refractivity contribution in [3.8, 4) is 5.75 Å². The van der Waals surface area contributed by atoms with Gasteiger partial charge in [0.1, 0.15) is 0 Å². The van der Waals surface area contributed by atoms with Crippen molar-refractivity contribution in [2.75, 3.05) is 25.4 Å². The molecule has 1 aliphatic heterocycles. The summed E-state index contributed by atoms with van der Waals surface area (Å²) in [6, 6.07) is 3.92. The van der Waals surface area contributed by atoms with Crippen molar-refractivity contribution in [2.45, 2.75) is 57.8 Å². The summed E-state index contributed by atoms with van der Waals surface area (Å²) >= 11 is 0. The van der Waals surface area contributed by atoms with Crippen molar-refractivity contribution >= 4 is 15.9 Å². The monoisotopic (exact) mass is 457 g/mol. The van der Waals surface area contributed by atoms with Gasteiger partial charge in [0.2, 0.25) is 15.9 Å². The maximum absolute atomic E-state index is 14.0. The Morgan fingerprint density at radius 3 is 2.77 bits per heavy atom. The second kappa shape index (κ2) is 10.7. The summed E-state index contributed by atoms with van der Waals surface area (Å²) < 4.78 is 47.0. The molecule has 0 bridgehead atoms. The minimum Gasteiger partial charge on any atom is -0.490 e. The molecule has 174 valence electrons. The van der Waals surface area contributed by atoms with Gasteiger partial charge in [0.15, 0.2) is 17.9 Å². The first kappa shape index (κ1) is 23.9. The zero-order chi connectivity index (χ0) is 22.4. The van der Waals surface area contributed by atoms with Crippen molar-refractivity contribution in [1.82, 2.24) is 14.9 Å². The van der Waals surface area contributed by atoms with Gasteiger partial charge in [-0.05, 0) is 49.8 Å². The average molecular weight is 458 g/mol. The van der Waals surface area contributed by atoms with Crippen molar-refractivity contribution < 1.29 is 27.4 Å². The minimum atomic E-state index is -3.50. The number of carbonyl (C=O) groups excluding carboxylic acids is 1. The number of hydrogen-bond donors (Lipinski definition) is 3. The van der Waals surface area contributed by atoms with E-state index in [0.717, 1.165) is 6.42 Å². The third-order valence-corrected chi connectivity index (χ3v) is 7.17. The van der Waals surface area contributed by atoms with Gasteiger partial charge < -0.3 is 15.2 Å². The van der Waals surface area contributed by atoms with Gasteiger partial charge in [-0.1, -0.05) is 25.3 Å². The molecule has 1 aromatic carbocycles. The summed E-state index contributed by atoms with van der Waals surface area (Å²) in [6.45, 7) is 2.85. The number of hydrogen-bond acceptors (Lipinski definition) is 6. The number of sulfonamides is 1. The summed E-state index contributed by atoms with van der Waals surface area (Å²) in [5.74, 6) is 0.154. The van der Waals surface area contributed by atoms with E-state index in [1.807, 2.05) is 0 Å². The highest BCUT2D eigenvalue weighted by atomic mass is 32.2. The Balaban J connectivity index is 1.40. The maximum atomic E-state index is 14.0. The second-order valence-corrected chi connectivity index (χ2v) is 10.3. The number of nitrogens with zero attached hydrogens (tertiary/aromatic N) is 1. The van der Waals surface area contributed by atoms with Crippen LogP contribution in [0.15, 0.2) is 18.2 Å². The molecule has 0 aromatic heterocycles. The van der Waals surface area contributed by atoms with E-state index < -0.39 is 28.2 Å². The maximum Gasteiger partial charge on any atom is 0.237 e. The first-order chi connectivity index (χ1) is 14.7. The molecular formula is C21H32FN3O5S. The molecule has 2 fully saturated rings. The molecule has 31 heavy (non-hydrogen) atoms. The Morgan fingerprint density at radius 2 is 2.10 bits per heavy atom. The molecule has 1 unspecified atom stereocenters. The number of amides is 1. The van der Waals surface area contributed by atoms with Crippen LogP contribution in [0.5, 0.6) is 5.75 Å². The van der Waals surface area contributed by atoms with E-state index in [4.69, 9.17) is 4.74 Å². The van der Waals surface area contributed by atoms with Crippen LogP contribution >= 0.6 is 0 Å². The molecule has 0 radical (unpaired) electrons. The van der Waals surface area contributed by atoms with E-state index in [2.05, 4.69) is 10.0 Å². The van der Waals surface area contributed by atoms with E-state index in [1.54, 1.807) is 24.0 Å². The Hall–Kier alpha value is -1.75. The Bertz CT molecular complexity index is 863.